The highest BCUT2D eigenvalue weighted by atomic mass is 32.2. The molecule has 2 rings (SSSR count). The molecule has 6 nitrogen and oxygen atoms in total. The molecule has 138 valence electrons. The van der Waals surface area contributed by atoms with E-state index >= 15 is 0 Å². The lowest BCUT2D eigenvalue weighted by Crippen LogP contribution is -2.41. The first-order chi connectivity index (χ1) is 11.7. The fourth-order valence-corrected chi connectivity index (χ4v) is 3.07. The third-order valence-electron chi connectivity index (χ3n) is 4.01. The number of piperidine rings is 1. The molecule has 1 aliphatic heterocycles. The highest BCUT2D eigenvalue weighted by Crippen LogP contribution is 2.31. The van der Waals surface area contributed by atoms with Crippen molar-refractivity contribution >= 4 is 24.1 Å². The zero-order valence-corrected chi connectivity index (χ0v) is 15.5. The number of hydrogen-bond donors (Lipinski definition) is 2. The molecule has 1 aromatic rings. The van der Waals surface area contributed by atoms with Crippen LogP contribution in [0.25, 0.3) is 0 Å². The van der Waals surface area contributed by atoms with E-state index in [2.05, 4.69) is 4.72 Å². The average Bonchev–Trinajstić information content (AvgIpc) is 2.54. The van der Waals surface area contributed by atoms with Crippen LogP contribution in [0.1, 0.15) is 55.5 Å². The van der Waals surface area contributed by atoms with E-state index in [1.54, 1.807) is 17.0 Å². The van der Waals surface area contributed by atoms with Gasteiger partial charge < -0.3 is 9.64 Å². The molecule has 0 radical (unpaired) electrons. The molecule has 2 amide bonds. The average molecular weight is 369 g/mol. The Morgan fingerprint density at radius 2 is 1.96 bits per heavy atom. The highest BCUT2D eigenvalue weighted by Gasteiger charge is 2.29. The summed E-state index contributed by atoms with van der Waals surface area (Å²) >= 11 is 0.638. The molecular formula is C17H24FN3O3S. The zero-order chi connectivity index (χ0) is 18.6. The number of amides is 2. The summed E-state index contributed by atoms with van der Waals surface area (Å²) in [6, 6.07) is 4.78. The first-order valence-corrected chi connectivity index (χ1v) is 9.03. The molecule has 0 aliphatic carbocycles. The zero-order valence-electron chi connectivity index (χ0n) is 14.7. The molecule has 0 spiro atoms. The minimum atomic E-state index is -0.557. The summed E-state index contributed by atoms with van der Waals surface area (Å²) in [6.45, 7) is 6.46. The molecule has 0 bridgehead atoms. The maximum absolute atomic E-state index is 14.7. The van der Waals surface area contributed by atoms with Crippen LogP contribution in [0.4, 0.5) is 9.18 Å². The number of halogens is 1. The summed E-state index contributed by atoms with van der Waals surface area (Å²) in [4.78, 5) is 25.6. The minimum Gasteiger partial charge on any atom is -0.444 e. The molecule has 1 saturated heterocycles. The number of ether oxygens (including phenoxy) is 1. The van der Waals surface area contributed by atoms with Crippen LogP contribution in [0.2, 0.25) is 0 Å². The van der Waals surface area contributed by atoms with Crippen LogP contribution in [0.15, 0.2) is 18.2 Å². The molecule has 25 heavy (non-hydrogen) atoms. The van der Waals surface area contributed by atoms with Gasteiger partial charge in [0.25, 0.3) is 5.91 Å². The number of nitrogens with two attached hydrogens (primary N) is 1. The molecular weight excluding hydrogens is 345 g/mol. The number of likely N-dealkylation sites (tertiary alicyclic amines) is 1. The maximum atomic E-state index is 14.7. The number of carbonyl (C=O) groups excluding carboxylic acids is 2. The van der Waals surface area contributed by atoms with Crippen molar-refractivity contribution in [2.45, 2.75) is 45.1 Å². The molecule has 0 aromatic heterocycles. The summed E-state index contributed by atoms with van der Waals surface area (Å²) in [6.07, 6.45) is 0.888. The second kappa shape index (κ2) is 8.05. The first kappa shape index (κ1) is 19.5. The summed E-state index contributed by atoms with van der Waals surface area (Å²) in [5.41, 5.74) is -0.0635. The van der Waals surface area contributed by atoms with E-state index in [0.29, 0.717) is 43.6 Å². The normalized spacial score (nSPS) is 15.8. The lowest BCUT2D eigenvalue weighted by atomic mass is 9.88. The van der Waals surface area contributed by atoms with E-state index in [-0.39, 0.29) is 17.6 Å². The molecule has 0 saturated carbocycles. The fourth-order valence-electron chi connectivity index (χ4n) is 2.85. The SMILES string of the molecule is CC(C)(C)OC(=O)N1CCC(c2cccc(C(=O)NSN)c2F)CC1. The molecule has 0 unspecified atom stereocenters. The van der Waals surface area contributed by atoms with Crippen molar-refractivity contribution in [1.82, 2.24) is 9.62 Å². The summed E-state index contributed by atoms with van der Waals surface area (Å²) in [5.74, 6) is -1.13. The minimum absolute atomic E-state index is 0.0231. The quantitative estimate of drug-likeness (QED) is 0.800. The van der Waals surface area contributed by atoms with E-state index < -0.39 is 17.3 Å². The Labute approximate surface area is 151 Å². The van der Waals surface area contributed by atoms with Crippen LogP contribution >= 0.6 is 12.1 Å². The van der Waals surface area contributed by atoms with Crippen LogP contribution in [0.3, 0.4) is 0 Å². The largest absolute Gasteiger partial charge is 0.444 e. The number of nitrogens with one attached hydrogen (secondary N) is 1. The molecule has 0 atom stereocenters. The van der Waals surface area contributed by atoms with Crippen molar-refractivity contribution in [2.24, 2.45) is 5.14 Å². The van der Waals surface area contributed by atoms with Crippen LogP contribution in [0, 0.1) is 5.82 Å². The van der Waals surface area contributed by atoms with Gasteiger partial charge in [0.05, 0.1) is 5.56 Å². The van der Waals surface area contributed by atoms with Crippen LogP contribution in [0.5, 0.6) is 0 Å². The molecule has 1 aliphatic rings. The van der Waals surface area contributed by atoms with Crippen LogP contribution in [-0.4, -0.2) is 35.6 Å². The van der Waals surface area contributed by atoms with E-state index in [4.69, 9.17) is 9.88 Å². The van der Waals surface area contributed by atoms with E-state index in [0.717, 1.165) is 0 Å². The molecule has 8 heteroatoms. The van der Waals surface area contributed by atoms with Gasteiger partial charge in [-0.25, -0.2) is 9.18 Å². The van der Waals surface area contributed by atoms with Gasteiger partial charge in [-0.15, -0.1) is 0 Å². The highest BCUT2D eigenvalue weighted by molar-refractivity contribution is 7.95. The Morgan fingerprint density at radius 3 is 2.52 bits per heavy atom. The Morgan fingerprint density at radius 1 is 1.32 bits per heavy atom. The molecule has 3 N–H and O–H groups in total. The predicted molar refractivity (Wildman–Crippen MR) is 95.4 cm³/mol. The maximum Gasteiger partial charge on any atom is 0.410 e. The Hall–Kier alpha value is -1.80. The lowest BCUT2D eigenvalue weighted by molar-refractivity contribution is 0.0204. The van der Waals surface area contributed by atoms with Gasteiger partial charge in [-0.1, -0.05) is 12.1 Å². The van der Waals surface area contributed by atoms with Gasteiger partial charge in [0.2, 0.25) is 0 Å². The third kappa shape index (κ3) is 5.09. The Balaban J connectivity index is 2.05. The van der Waals surface area contributed by atoms with Gasteiger partial charge in [0.1, 0.15) is 11.4 Å². The predicted octanol–water partition coefficient (Wildman–Crippen LogP) is 3.19. The van der Waals surface area contributed by atoms with Crippen molar-refractivity contribution in [1.29, 1.82) is 0 Å². The number of benzene rings is 1. The standard InChI is InChI=1S/C17H24FN3O3S/c1-17(2,3)24-16(23)21-9-7-11(8-10-21)12-5-4-6-13(14(12)18)15(22)20-25-19/h4-6,11H,7-10,19H2,1-3H3,(H,20,22). The third-order valence-corrected chi connectivity index (χ3v) is 4.31. The van der Waals surface area contributed by atoms with Gasteiger partial charge in [0.15, 0.2) is 0 Å². The number of carbonyl (C=O) groups is 2. The van der Waals surface area contributed by atoms with Crippen LogP contribution in [-0.2, 0) is 4.74 Å². The summed E-state index contributed by atoms with van der Waals surface area (Å²) < 4.78 is 22.4. The molecule has 1 aromatic carbocycles. The second-order valence-corrected chi connectivity index (χ2v) is 7.44. The van der Waals surface area contributed by atoms with Crippen LogP contribution < -0.4 is 9.86 Å². The number of hydrogen-bond acceptors (Lipinski definition) is 5. The monoisotopic (exact) mass is 369 g/mol. The van der Waals surface area contributed by atoms with Gasteiger partial charge in [-0.2, -0.15) is 0 Å². The van der Waals surface area contributed by atoms with Crippen molar-refractivity contribution in [2.75, 3.05) is 13.1 Å². The van der Waals surface area contributed by atoms with Crippen molar-refractivity contribution in [3.8, 4) is 0 Å². The van der Waals surface area contributed by atoms with Gasteiger partial charge in [0, 0.05) is 25.2 Å². The topological polar surface area (TPSA) is 84.7 Å². The summed E-state index contributed by atoms with van der Waals surface area (Å²) in [7, 11) is 0. The summed E-state index contributed by atoms with van der Waals surface area (Å²) in [5, 5.41) is 5.20. The fraction of sp³-hybridized carbons (Fsp3) is 0.529. The number of rotatable bonds is 3. The first-order valence-electron chi connectivity index (χ1n) is 8.15. The molecule has 1 fully saturated rings. The Kier molecular flexibility index (Phi) is 6.29. The van der Waals surface area contributed by atoms with E-state index in [9.17, 15) is 14.0 Å². The van der Waals surface area contributed by atoms with E-state index in [1.807, 2.05) is 20.8 Å². The second-order valence-electron chi connectivity index (χ2n) is 7.00. The van der Waals surface area contributed by atoms with Gasteiger partial charge >= 0.3 is 6.09 Å². The van der Waals surface area contributed by atoms with Crippen molar-refractivity contribution in [3.05, 3.63) is 35.1 Å². The van der Waals surface area contributed by atoms with Crippen molar-refractivity contribution < 1.29 is 18.7 Å². The lowest BCUT2D eigenvalue weighted by Gasteiger charge is -2.33. The van der Waals surface area contributed by atoms with Gasteiger partial charge in [-0.05, 0) is 51.2 Å². The smallest absolute Gasteiger partial charge is 0.410 e. The number of nitrogens with zero attached hydrogens (tertiary/aromatic N) is 1. The van der Waals surface area contributed by atoms with Crippen molar-refractivity contribution in [3.63, 3.8) is 0 Å². The van der Waals surface area contributed by atoms with Gasteiger partial charge in [-0.3, -0.25) is 14.7 Å². The molecule has 1 heterocycles. The Bertz CT molecular complexity index is 641. The van der Waals surface area contributed by atoms with E-state index in [1.165, 1.54) is 6.07 Å².